The maximum absolute atomic E-state index is 12.9. The molecule has 2 rings (SSSR count). The van der Waals surface area contributed by atoms with E-state index in [9.17, 15) is 9.18 Å². The summed E-state index contributed by atoms with van der Waals surface area (Å²) >= 11 is 1.99. The lowest BCUT2D eigenvalue weighted by atomic mass is 10.2. The first-order chi connectivity index (χ1) is 6.16. The summed E-state index contributed by atoms with van der Waals surface area (Å²) < 4.78 is 13.6. The highest BCUT2D eigenvalue weighted by Crippen LogP contribution is 2.18. The van der Waals surface area contributed by atoms with E-state index in [-0.39, 0.29) is 11.4 Å². The number of benzene rings is 1. The fraction of sp³-hybridized carbons (Fsp3) is 0. The number of pyridine rings is 1. The van der Waals surface area contributed by atoms with Gasteiger partial charge in [-0.1, -0.05) is 0 Å². The van der Waals surface area contributed by atoms with Crippen molar-refractivity contribution in [2.24, 2.45) is 0 Å². The van der Waals surface area contributed by atoms with Crippen LogP contribution in [0.3, 0.4) is 0 Å². The van der Waals surface area contributed by atoms with Crippen LogP contribution in [0.2, 0.25) is 0 Å². The lowest BCUT2D eigenvalue weighted by Gasteiger charge is -1.99. The Bertz CT molecular complexity index is 520. The summed E-state index contributed by atoms with van der Waals surface area (Å²) in [5, 5.41) is 0.712. The molecule has 0 bridgehead atoms. The third-order valence-electron chi connectivity index (χ3n) is 1.75. The Hall–Kier alpha value is -0.910. The summed E-state index contributed by atoms with van der Waals surface area (Å²) in [4.78, 5) is 13.6. The van der Waals surface area contributed by atoms with E-state index in [0.29, 0.717) is 14.5 Å². The summed E-state index contributed by atoms with van der Waals surface area (Å²) in [5.41, 5.74) is 0.520. The van der Waals surface area contributed by atoms with Crippen molar-refractivity contribution >= 4 is 33.5 Å². The van der Waals surface area contributed by atoms with Gasteiger partial charge in [-0.2, -0.15) is 0 Å². The van der Waals surface area contributed by atoms with Crippen molar-refractivity contribution in [3.05, 3.63) is 44.0 Å². The number of aromatic amines is 1. The van der Waals surface area contributed by atoms with Crippen LogP contribution in [0.4, 0.5) is 4.39 Å². The molecule has 0 aliphatic rings. The number of hydrogen-bond donors (Lipinski definition) is 1. The minimum absolute atomic E-state index is 0.169. The third kappa shape index (κ3) is 1.58. The lowest BCUT2D eigenvalue weighted by Crippen LogP contribution is -2.03. The van der Waals surface area contributed by atoms with Crippen molar-refractivity contribution in [1.29, 1.82) is 0 Å². The molecule has 0 aliphatic heterocycles. The first-order valence-corrected chi connectivity index (χ1v) is 4.73. The quantitative estimate of drug-likeness (QED) is 0.741. The molecule has 1 heterocycles. The van der Waals surface area contributed by atoms with Crippen LogP contribution < -0.4 is 5.56 Å². The van der Waals surface area contributed by atoms with Crippen LogP contribution in [0.1, 0.15) is 0 Å². The fourth-order valence-corrected chi connectivity index (χ4v) is 1.93. The third-order valence-corrected chi connectivity index (χ3v) is 2.60. The molecular formula is C9H5FINO. The zero-order chi connectivity index (χ0) is 9.42. The second-order valence-electron chi connectivity index (χ2n) is 2.67. The SMILES string of the molecule is O=c1ccc2cc(F)cc(I)c2[nH]1. The lowest BCUT2D eigenvalue weighted by molar-refractivity contribution is 0.628. The van der Waals surface area contributed by atoms with Gasteiger partial charge in [-0.15, -0.1) is 0 Å². The van der Waals surface area contributed by atoms with Gasteiger partial charge in [-0.3, -0.25) is 4.79 Å². The molecule has 0 unspecified atom stereocenters. The fourth-order valence-electron chi connectivity index (χ4n) is 1.19. The van der Waals surface area contributed by atoms with Gasteiger partial charge in [-0.25, -0.2) is 4.39 Å². The van der Waals surface area contributed by atoms with E-state index in [4.69, 9.17) is 0 Å². The summed E-state index contributed by atoms with van der Waals surface area (Å²) in [6.07, 6.45) is 0. The molecule has 2 aromatic rings. The van der Waals surface area contributed by atoms with Crippen molar-refractivity contribution in [1.82, 2.24) is 4.98 Å². The van der Waals surface area contributed by atoms with Gasteiger partial charge in [0.2, 0.25) is 5.56 Å². The van der Waals surface area contributed by atoms with Gasteiger partial charge < -0.3 is 4.98 Å². The van der Waals surface area contributed by atoms with Gasteiger partial charge in [-0.05, 0) is 40.8 Å². The van der Waals surface area contributed by atoms with Gasteiger partial charge in [0.1, 0.15) is 5.82 Å². The first-order valence-electron chi connectivity index (χ1n) is 3.65. The van der Waals surface area contributed by atoms with Crippen LogP contribution in [0.15, 0.2) is 29.1 Å². The zero-order valence-electron chi connectivity index (χ0n) is 6.47. The Balaban J connectivity index is 2.95. The van der Waals surface area contributed by atoms with Crippen molar-refractivity contribution in [2.75, 3.05) is 0 Å². The van der Waals surface area contributed by atoms with Crippen molar-refractivity contribution in [2.45, 2.75) is 0 Å². The van der Waals surface area contributed by atoms with Crippen LogP contribution >= 0.6 is 22.6 Å². The van der Waals surface area contributed by atoms with Gasteiger partial charge in [0.05, 0.1) is 5.52 Å². The summed E-state index contributed by atoms with van der Waals surface area (Å²) in [7, 11) is 0. The normalized spacial score (nSPS) is 10.6. The number of halogens is 2. The molecule has 0 saturated carbocycles. The topological polar surface area (TPSA) is 32.9 Å². The standard InChI is InChI=1S/C9H5FINO/c10-6-3-5-1-2-8(13)12-9(5)7(11)4-6/h1-4H,(H,12,13). The van der Waals surface area contributed by atoms with Crippen LogP contribution in [0.25, 0.3) is 10.9 Å². The molecule has 1 N–H and O–H groups in total. The minimum atomic E-state index is -0.288. The molecule has 13 heavy (non-hydrogen) atoms. The monoisotopic (exact) mass is 289 g/mol. The second-order valence-corrected chi connectivity index (χ2v) is 3.84. The first kappa shape index (κ1) is 8.68. The smallest absolute Gasteiger partial charge is 0.248 e. The molecule has 2 nitrogen and oxygen atoms in total. The number of aromatic nitrogens is 1. The Kier molecular flexibility index (Phi) is 2.07. The number of fused-ring (bicyclic) bond motifs is 1. The van der Waals surface area contributed by atoms with Gasteiger partial charge in [0.25, 0.3) is 0 Å². The highest BCUT2D eigenvalue weighted by molar-refractivity contribution is 14.1. The van der Waals surface area contributed by atoms with E-state index < -0.39 is 0 Å². The van der Waals surface area contributed by atoms with E-state index in [0.717, 1.165) is 0 Å². The van der Waals surface area contributed by atoms with Crippen LogP contribution in [0, 0.1) is 9.39 Å². The zero-order valence-corrected chi connectivity index (χ0v) is 8.63. The number of hydrogen-bond acceptors (Lipinski definition) is 1. The average Bonchev–Trinajstić information content (AvgIpc) is 2.06. The number of rotatable bonds is 0. The Morgan fingerprint density at radius 1 is 1.31 bits per heavy atom. The summed E-state index contributed by atoms with van der Waals surface area (Å²) in [5.74, 6) is -0.288. The van der Waals surface area contributed by atoms with Crippen LogP contribution in [-0.4, -0.2) is 4.98 Å². The van der Waals surface area contributed by atoms with E-state index in [1.807, 2.05) is 22.6 Å². The highest BCUT2D eigenvalue weighted by atomic mass is 127. The molecule has 1 aromatic carbocycles. The van der Waals surface area contributed by atoms with E-state index in [1.54, 1.807) is 6.07 Å². The maximum Gasteiger partial charge on any atom is 0.248 e. The van der Waals surface area contributed by atoms with E-state index in [1.165, 1.54) is 18.2 Å². The molecule has 66 valence electrons. The van der Waals surface area contributed by atoms with Gasteiger partial charge in [0.15, 0.2) is 0 Å². The van der Waals surface area contributed by atoms with Crippen LogP contribution in [0.5, 0.6) is 0 Å². The molecular weight excluding hydrogens is 284 g/mol. The minimum Gasteiger partial charge on any atom is -0.321 e. The van der Waals surface area contributed by atoms with Crippen molar-refractivity contribution in [3.63, 3.8) is 0 Å². The van der Waals surface area contributed by atoms with Crippen molar-refractivity contribution < 1.29 is 4.39 Å². The molecule has 0 amide bonds. The molecule has 0 aliphatic carbocycles. The molecule has 1 aromatic heterocycles. The molecule has 0 radical (unpaired) electrons. The second kappa shape index (κ2) is 3.10. The Morgan fingerprint density at radius 2 is 2.08 bits per heavy atom. The van der Waals surface area contributed by atoms with Crippen molar-refractivity contribution in [3.8, 4) is 0 Å². The van der Waals surface area contributed by atoms with E-state index in [2.05, 4.69) is 4.98 Å². The number of nitrogens with one attached hydrogen (secondary N) is 1. The predicted molar refractivity (Wildman–Crippen MR) is 57.2 cm³/mol. The largest absolute Gasteiger partial charge is 0.321 e. The predicted octanol–water partition coefficient (Wildman–Crippen LogP) is 2.27. The molecule has 0 fully saturated rings. The Labute approximate surface area is 86.9 Å². The average molecular weight is 289 g/mol. The van der Waals surface area contributed by atoms with Gasteiger partial charge >= 0.3 is 0 Å². The molecule has 4 heteroatoms. The van der Waals surface area contributed by atoms with Gasteiger partial charge in [0, 0.05) is 15.0 Å². The highest BCUT2D eigenvalue weighted by Gasteiger charge is 2.01. The summed E-state index contributed by atoms with van der Waals surface area (Å²) in [6, 6.07) is 5.78. The van der Waals surface area contributed by atoms with E-state index >= 15 is 0 Å². The Morgan fingerprint density at radius 3 is 2.85 bits per heavy atom. The molecule has 0 saturated heterocycles. The summed E-state index contributed by atoms with van der Waals surface area (Å²) in [6.45, 7) is 0. The number of H-pyrrole nitrogens is 1. The van der Waals surface area contributed by atoms with Crippen LogP contribution in [-0.2, 0) is 0 Å². The molecule has 0 atom stereocenters. The molecule has 0 spiro atoms. The maximum atomic E-state index is 12.9.